The van der Waals surface area contributed by atoms with E-state index < -0.39 is 5.54 Å². The smallest absolute Gasteiger partial charge is 0.238 e. The summed E-state index contributed by atoms with van der Waals surface area (Å²) >= 11 is 0. The molecule has 2 heterocycles. The van der Waals surface area contributed by atoms with E-state index in [1.54, 1.807) is 0 Å². The highest BCUT2D eigenvalue weighted by Crippen LogP contribution is 2.35. The molecule has 2 fully saturated rings. The van der Waals surface area contributed by atoms with E-state index in [9.17, 15) is 4.79 Å². The number of carbonyl (C=O) groups excluding carboxylic acids is 1. The first kappa shape index (κ1) is 21.2. The highest BCUT2D eigenvalue weighted by molar-refractivity contribution is 5.93. The molecule has 4 heteroatoms. The average Bonchev–Trinajstić information content (AvgIpc) is 3.00. The second-order valence-electron chi connectivity index (χ2n) is 9.37. The molecule has 0 atom stereocenters. The highest BCUT2D eigenvalue weighted by atomic mass is 16.1. The van der Waals surface area contributed by atoms with Gasteiger partial charge in [0.15, 0.2) is 0 Å². The van der Waals surface area contributed by atoms with E-state index in [1.165, 1.54) is 47.1 Å². The lowest BCUT2D eigenvalue weighted by molar-refractivity contribution is -0.134. The molecule has 4 nitrogen and oxygen atoms in total. The van der Waals surface area contributed by atoms with Crippen molar-refractivity contribution < 1.29 is 4.79 Å². The SMILES string of the molecule is NC(=O)C1(N2CCCCC2)CCN(CC=C2c3ccccc3C=Cc3ccccc32)CC1. The van der Waals surface area contributed by atoms with E-state index in [1.807, 2.05) is 0 Å². The first-order valence-corrected chi connectivity index (χ1v) is 12.0. The van der Waals surface area contributed by atoms with Crippen LogP contribution in [0.5, 0.6) is 0 Å². The first-order chi connectivity index (χ1) is 15.7. The molecule has 0 spiro atoms. The van der Waals surface area contributed by atoms with Gasteiger partial charge in [0.25, 0.3) is 0 Å². The molecule has 3 aliphatic rings. The summed E-state index contributed by atoms with van der Waals surface area (Å²) in [7, 11) is 0. The van der Waals surface area contributed by atoms with Crippen molar-refractivity contribution in [2.45, 2.75) is 37.6 Å². The zero-order valence-corrected chi connectivity index (χ0v) is 18.8. The minimum absolute atomic E-state index is 0.130. The molecule has 32 heavy (non-hydrogen) atoms. The number of piperidine rings is 2. The predicted octanol–water partition coefficient (Wildman–Crippen LogP) is 4.41. The monoisotopic (exact) mass is 427 g/mol. The van der Waals surface area contributed by atoms with Gasteiger partial charge in [-0.05, 0) is 66.6 Å². The molecule has 166 valence electrons. The number of likely N-dealkylation sites (tertiary alicyclic amines) is 2. The fraction of sp³-hybridized carbons (Fsp3) is 0.393. The number of hydrogen-bond acceptors (Lipinski definition) is 3. The van der Waals surface area contributed by atoms with E-state index in [4.69, 9.17) is 5.73 Å². The van der Waals surface area contributed by atoms with Gasteiger partial charge in [-0.1, -0.05) is 73.2 Å². The maximum absolute atomic E-state index is 12.5. The summed E-state index contributed by atoms with van der Waals surface area (Å²) in [6.45, 7) is 4.71. The molecule has 2 saturated heterocycles. The number of rotatable bonds is 4. The van der Waals surface area contributed by atoms with Gasteiger partial charge in [0.2, 0.25) is 5.91 Å². The first-order valence-electron chi connectivity index (χ1n) is 12.0. The van der Waals surface area contributed by atoms with Gasteiger partial charge in [0, 0.05) is 19.6 Å². The number of benzene rings is 2. The molecule has 2 aliphatic heterocycles. The molecule has 0 radical (unpaired) electrons. The lowest BCUT2D eigenvalue weighted by Crippen LogP contribution is -2.63. The number of nitrogens with two attached hydrogens (primary N) is 1. The number of carbonyl (C=O) groups is 1. The van der Waals surface area contributed by atoms with Crippen LogP contribution in [0.15, 0.2) is 54.6 Å². The average molecular weight is 428 g/mol. The Balaban J connectivity index is 1.36. The Hall–Kier alpha value is -2.69. The van der Waals surface area contributed by atoms with Gasteiger partial charge in [-0.2, -0.15) is 0 Å². The molecule has 0 saturated carbocycles. The van der Waals surface area contributed by atoms with Crippen LogP contribution in [0.1, 0.15) is 54.4 Å². The molecular weight excluding hydrogens is 394 g/mol. The molecular formula is C28H33N3O. The van der Waals surface area contributed by atoms with Crippen LogP contribution in [0.4, 0.5) is 0 Å². The van der Waals surface area contributed by atoms with Crippen molar-refractivity contribution in [2.75, 3.05) is 32.7 Å². The van der Waals surface area contributed by atoms with Crippen LogP contribution >= 0.6 is 0 Å². The van der Waals surface area contributed by atoms with Crippen molar-refractivity contribution in [1.29, 1.82) is 0 Å². The van der Waals surface area contributed by atoms with Gasteiger partial charge < -0.3 is 5.73 Å². The Bertz CT molecular complexity index is 989. The third-order valence-corrected chi connectivity index (χ3v) is 7.60. The van der Waals surface area contributed by atoms with Crippen LogP contribution in [0.2, 0.25) is 0 Å². The zero-order valence-electron chi connectivity index (χ0n) is 18.8. The number of nitrogens with zero attached hydrogens (tertiary/aromatic N) is 2. The van der Waals surface area contributed by atoms with Crippen molar-refractivity contribution in [2.24, 2.45) is 5.73 Å². The topological polar surface area (TPSA) is 49.6 Å². The van der Waals surface area contributed by atoms with Crippen molar-refractivity contribution in [3.8, 4) is 0 Å². The van der Waals surface area contributed by atoms with Crippen molar-refractivity contribution in [3.05, 3.63) is 76.9 Å². The zero-order chi connectivity index (χ0) is 22.0. The molecule has 0 aromatic heterocycles. The normalized spacial score (nSPS) is 20.8. The second kappa shape index (κ2) is 9.05. The van der Waals surface area contributed by atoms with E-state index >= 15 is 0 Å². The van der Waals surface area contributed by atoms with Crippen LogP contribution < -0.4 is 5.73 Å². The van der Waals surface area contributed by atoms with Gasteiger partial charge in [-0.25, -0.2) is 0 Å². The van der Waals surface area contributed by atoms with Crippen LogP contribution in [0, 0.1) is 0 Å². The van der Waals surface area contributed by atoms with Gasteiger partial charge in [-0.15, -0.1) is 0 Å². The summed E-state index contributed by atoms with van der Waals surface area (Å²) in [4.78, 5) is 17.4. The number of primary amides is 1. The van der Waals surface area contributed by atoms with E-state index in [-0.39, 0.29) is 5.91 Å². The Morgan fingerprint density at radius 2 is 1.41 bits per heavy atom. The van der Waals surface area contributed by atoms with E-state index in [0.29, 0.717) is 0 Å². The van der Waals surface area contributed by atoms with Crippen molar-refractivity contribution in [3.63, 3.8) is 0 Å². The molecule has 0 bridgehead atoms. The minimum atomic E-state index is -0.449. The Kier molecular flexibility index (Phi) is 5.99. The number of amides is 1. The molecule has 2 aromatic carbocycles. The second-order valence-corrected chi connectivity index (χ2v) is 9.37. The van der Waals surface area contributed by atoms with Gasteiger partial charge >= 0.3 is 0 Å². The third-order valence-electron chi connectivity index (χ3n) is 7.60. The van der Waals surface area contributed by atoms with Crippen LogP contribution in [0.3, 0.4) is 0 Å². The fourth-order valence-corrected chi connectivity index (χ4v) is 5.69. The molecule has 5 rings (SSSR count). The molecule has 0 unspecified atom stereocenters. The maximum atomic E-state index is 12.5. The summed E-state index contributed by atoms with van der Waals surface area (Å²) in [5.74, 6) is -0.130. The molecule has 1 amide bonds. The van der Waals surface area contributed by atoms with Crippen LogP contribution in [-0.2, 0) is 4.79 Å². The maximum Gasteiger partial charge on any atom is 0.238 e. The lowest BCUT2D eigenvalue weighted by Gasteiger charge is -2.48. The predicted molar refractivity (Wildman–Crippen MR) is 132 cm³/mol. The fourth-order valence-electron chi connectivity index (χ4n) is 5.69. The molecule has 2 N–H and O–H groups in total. The summed E-state index contributed by atoms with van der Waals surface area (Å²) < 4.78 is 0. The van der Waals surface area contributed by atoms with Crippen LogP contribution in [0.25, 0.3) is 17.7 Å². The summed E-state index contributed by atoms with van der Waals surface area (Å²) in [5.41, 5.74) is 11.9. The number of hydrogen-bond donors (Lipinski definition) is 1. The Morgan fingerprint density at radius 1 is 0.844 bits per heavy atom. The van der Waals surface area contributed by atoms with Crippen molar-refractivity contribution >= 4 is 23.6 Å². The molecule has 1 aliphatic carbocycles. The van der Waals surface area contributed by atoms with E-state index in [0.717, 1.165) is 45.6 Å². The standard InChI is InChI=1S/C28H33N3O/c29-27(32)28(31-17-6-1-7-18-31)15-20-30(21-16-28)19-14-26-24-10-4-2-8-22(24)12-13-23-9-3-5-11-25(23)26/h2-5,8-14H,1,6-7,15-21H2,(H2,29,32). The Labute approximate surface area is 191 Å². The quantitative estimate of drug-likeness (QED) is 0.671. The van der Waals surface area contributed by atoms with Gasteiger partial charge in [-0.3, -0.25) is 14.6 Å². The van der Waals surface area contributed by atoms with E-state index in [2.05, 4.69) is 76.6 Å². The number of fused-ring (bicyclic) bond motifs is 2. The van der Waals surface area contributed by atoms with Gasteiger partial charge in [0.1, 0.15) is 5.54 Å². The van der Waals surface area contributed by atoms with Crippen molar-refractivity contribution in [1.82, 2.24) is 9.80 Å². The van der Waals surface area contributed by atoms with Crippen LogP contribution in [-0.4, -0.2) is 54.0 Å². The molecule has 2 aromatic rings. The lowest BCUT2D eigenvalue weighted by atomic mass is 9.83. The summed E-state index contributed by atoms with van der Waals surface area (Å²) in [6.07, 6.45) is 12.1. The third kappa shape index (κ3) is 3.94. The van der Waals surface area contributed by atoms with Gasteiger partial charge in [0.05, 0.1) is 0 Å². The Morgan fingerprint density at radius 3 is 1.97 bits per heavy atom. The minimum Gasteiger partial charge on any atom is -0.368 e. The summed E-state index contributed by atoms with van der Waals surface area (Å²) in [6, 6.07) is 17.3. The summed E-state index contributed by atoms with van der Waals surface area (Å²) in [5, 5.41) is 0. The highest BCUT2D eigenvalue weighted by Gasteiger charge is 2.44. The largest absolute Gasteiger partial charge is 0.368 e.